The van der Waals surface area contributed by atoms with Gasteiger partial charge in [0.15, 0.2) is 5.69 Å². The summed E-state index contributed by atoms with van der Waals surface area (Å²) in [5.74, 6) is -0.229. The summed E-state index contributed by atoms with van der Waals surface area (Å²) in [7, 11) is 0. The van der Waals surface area contributed by atoms with Crippen molar-refractivity contribution in [2.45, 2.75) is 38.4 Å². The van der Waals surface area contributed by atoms with Gasteiger partial charge in [-0.1, -0.05) is 6.92 Å². The van der Waals surface area contributed by atoms with E-state index in [2.05, 4.69) is 15.6 Å². The smallest absolute Gasteiger partial charge is 0.347 e. The normalized spacial score (nSPS) is 20.1. The molecule has 1 aliphatic heterocycles. The van der Waals surface area contributed by atoms with Gasteiger partial charge >= 0.3 is 6.18 Å². The zero-order valence-corrected chi connectivity index (χ0v) is 13.7. The molecule has 0 aromatic carbocycles. The van der Waals surface area contributed by atoms with Gasteiger partial charge in [0, 0.05) is 11.9 Å². The molecule has 126 valence electrons. The van der Waals surface area contributed by atoms with Crippen LogP contribution >= 0.6 is 23.7 Å². The number of halogens is 4. The molecular formula is C13H19ClF3N3OS. The van der Waals surface area contributed by atoms with Crippen molar-refractivity contribution in [2.24, 2.45) is 5.92 Å². The maximum Gasteiger partial charge on any atom is 0.434 e. The fourth-order valence-electron chi connectivity index (χ4n) is 2.28. The average Bonchev–Trinajstić information content (AvgIpc) is 2.95. The molecule has 9 heteroatoms. The second-order valence-electron chi connectivity index (χ2n) is 5.08. The van der Waals surface area contributed by atoms with E-state index in [1.54, 1.807) is 0 Å². The third kappa shape index (κ3) is 4.82. The van der Waals surface area contributed by atoms with E-state index in [0.29, 0.717) is 18.0 Å². The van der Waals surface area contributed by atoms with Gasteiger partial charge in [0.1, 0.15) is 5.01 Å². The average molecular weight is 358 g/mol. The third-order valence-corrected chi connectivity index (χ3v) is 4.46. The quantitative estimate of drug-likeness (QED) is 0.870. The number of hydrogen-bond acceptors (Lipinski definition) is 4. The van der Waals surface area contributed by atoms with Gasteiger partial charge in [-0.2, -0.15) is 13.2 Å². The van der Waals surface area contributed by atoms with Crippen LogP contribution in [-0.2, 0) is 11.0 Å². The van der Waals surface area contributed by atoms with Crippen LogP contribution in [0.3, 0.4) is 0 Å². The van der Waals surface area contributed by atoms with Gasteiger partial charge in [-0.3, -0.25) is 4.79 Å². The molecule has 1 fully saturated rings. The summed E-state index contributed by atoms with van der Waals surface area (Å²) in [4.78, 5) is 15.8. The van der Waals surface area contributed by atoms with Crippen LogP contribution < -0.4 is 10.6 Å². The SMILES string of the molecule is CCC(NC(=O)C1CCCNC1)c1nc(C(F)(F)F)cs1.Cl. The molecule has 0 spiro atoms. The van der Waals surface area contributed by atoms with Gasteiger partial charge in [0.25, 0.3) is 0 Å². The number of amides is 1. The first-order valence-corrected chi connectivity index (χ1v) is 7.83. The first kappa shape index (κ1) is 19.2. The summed E-state index contributed by atoms with van der Waals surface area (Å²) < 4.78 is 37.7. The zero-order chi connectivity index (χ0) is 15.5. The minimum atomic E-state index is -4.44. The Labute approximate surface area is 137 Å². The predicted molar refractivity (Wildman–Crippen MR) is 81.1 cm³/mol. The molecule has 22 heavy (non-hydrogen) atoms. The molecular weight excluding hydrogens is 339 g/mol. The number of aromatic nitrogens is 1. The fourth-order valence-corrected chi connectivity index (χ4v) is 3.24. The van der Waals surface area contributed by atoms with Crippen LogP contribution in [0.1, 0.15) is 42.9 Å². The Morgan fingerprint density at radius 1 is 1.59 bits per heavy atom. The molecule has 2 N–H and O–H groups in total. The highest BCUT2D eigenvalue weighted by Gasteiger charge is 2.34. The minimum Gasteiger partial charge on any atom is -0.347 e. The molecule has 0 radical (unpaired) electrons. The van der Waals surface area contributed by atoms with Gasteiger partial charge in [-0.15, -0.1) is 23.7 Å². The topological polar surface area (TPSA) is 54.0 Å². The second-order valence-corrected chi connectivity index (χ2v) is 5.97. The zero-order valence-electron chi connectivity index (χ0n) is 12.1. The van der Waals surface area contributed by atoms with E-state index in [9.17, 15) is 18.0 Å². The van der Waals surface area contributed by atoms with Crippen LogP contribution in [0.4, 0.5) is 13.2 Å². The number of carbonyl (C=O) groups is 1. The van der Waals surface area contributed by atoms with Crippen molar-refractivity contribution in [2.75, 3.05) is 13.1 Å². The summed E-state index contributed by atoms with van der Waals surface area (Å²) in [6.45, 7) is 3.34. The second kappa shape index (κ2) is 8.12. The van der Waals surface area contributed by atoms with Crippen molar-refractivity contribution >= 4 is 29.7 Å². The Balaban J connectivity index is 0.00000242. The highest BCUT2D eigenvalue weighted by Crippen LogP contribution is 2.32. The van der Waals surface area contributed by atoms with Crippen molar-refractivity contribution in [3.63, 3.8) is 0 Å². The Bertz CT molecular complexity index is 489. The molecule has 0 bridgehead atoms. The number of piperidine rings is 1. The number of nitrogens with one attached hydrogen (secondary N) is 2. The molecule has 1 saturated heterocycles. The molecule has 4 nitrogen and oxygen atoms in total. The standard InChI is InChI=1S/C13H18F3N3OS.ClH/c1-2-9(12-19-10(7-21-12)13(14,15)16)18-11(20)8-4-3-5-17-6-8;/h7-9,17H,2-6H2,1H3,(H,18,20);1H. The van der Waals surface area contributed by atoms with Crippen molar-refractivity contribution in [3.8, 4) is 0 Å². The Morgan fingerprint density at radius 3 is 2.82 bits per heavy atom. The number of nitrogens with zero attached hydrogens (tertiary/aromatic N) is 1. The monoisotopic (exact) mass is 357 g/mol. The molecule has 2 unspecified atom stereocenters. The molecule has 2 atom stereocenters. The van der Waals surface area contributed by atoms with Gasteiger partial charge in [-0.05, 0) is 25.8 Å². The van der Waals surface area contributed by atoms with Gasteiger partial charge in [0.2, 0.25) is 5.91 Å². The van der Waals surface area contributed by atoms with E-state index >= 15 is 0 Å². The minimum absolute atomic E-state index is 0. The number of alkyl halides is 3. The van der Waals surface area contributed by atoms with Crippen LogP contribution in [0.5, 0.6) is 0 Å². The van der Waals surface area contributed by atoms with Crippen LogP contribution in [-0.4, -0.2) is 24.0 Å². The van der Waals surface area contributed by atoms with E-state index in [1.165, 1.54) is 0 Å². The van der Waals surface area contributed by atoms with E-state index in [0.717, 1.165) is 36.1 Å². The molecule has 0 saturated carbocycles. The lowest BCUT2D eigenvalue weighted by molar-refractivity contribution is -0.140. The lowest BCUT2D eigenvalue weighted by Crippen LogP contribution is -2.41. The Hall–Kier alpha value is -0.860. The van der Waals surface area contributed by atoms with Gasteiger partial charge < -0.3 is 10.6 Å². The van der Waals surface area contributed by atoms with Gasteiger partial charge in [-0.25, -0.2) is 4.98 Å². The first-order chi connectivity index (χ1) is 9.91. The molecule has 2 heterocycles. The predicted octanol–water partition coefficient (Wildman–Crippen LogP) is 3.15. The maximum absolute atomic E-state index is 12.6. The van der Waals surface area contributed by atoms with Crippen LogP contribution in [0, 0.1) is 5.92 Å². The van der Waals surface area contributed by atoms with Crippen molar-refractivity contribution in [1.29, 1.82) is 0 Å². The van der Waals surface area contributed by atoms with Crippen molar-refractivity contribution < 1.29 is 18.0 Å². The maximum atomic E-state index is 12.6. The van der Waals surface area contributed by atoms with Crippen LogP contribution in [0.2, 0.25) is 0 Å². The van der Waals surface area contributed by atoms with E-state index in [1.807, 2.05) is 6.92 Å². The fraction of sp³-hybridized carbons (Fsp3) is 0.692. The van der Waals surface area contributed by atoms with Crippen molar-refractivity contribution in [3.05, 3.63) is 16.1 Å². The third-order valence-electron chi connectivity index (χ3n) is 3.50. The summed E-state index contributed by atoms with van der Waals surface area (Å²) in [6, 6.07) is -0.458. The number of hydrogen-bond donors (Lipinski definition) is 2. The molecule has 1 aromatic rings. The highest BCUT2D eigenvalue weighted by molar-refractivity contribution is 7.09. The molecule has 1 amide bonds. The first-order valence-electron chi connectivity index (χ1n) is 6.95. The summed E-state index contributed by atoms with van der Waals surface area (Å²) in [6.07, 6.45) is -2.19. The summed E-state index contributed by atoms with van der Waals surface area (Å²) in [5.41, 5.74) is -0.894. The largest absolute Gasteiger partial charge is 0.434 e. The lowest BCUT2D eigenvalue weighted by atomic mass is 9.98. The number of carbonyl (C=O) groups excluding carboxylic acids is 1. The van der Waals surface area contributed by atoms with Crippen molar-refractivity contribution in [1.82, 2.24) is 15.6 Å². The Kier molecular flexibility index (Phi) is 7.08. The molecule has 1 aliphatic rings. The Morgan fingerprint density at radius 2 is 2.32 bits per heavy atom. The summed E-state index contributed by atoms with van der Waals surface area (Å²) in [5, 5.41) is 7.27. The molecule has 0 aliphatic carbocycles. The van der Waals surface area contributed by atoms with E-state index in [4.69, 9.17) is 0 Å². The highest BCUT2D eigenvalue weighted by atomic mass is 35.5. The number of rotatable bonds is 4. The van der Waals surface area contributed by atoms with Crippen LogP contribution in [0.25, 0.3) is 0 Å². The molecule has 1 aromatic heterocycles. The number of thiazole rings is 1. The van der Waals surface area contributed by atoms with E-state index in [-0.39, 0.29) is 24.2 Å². The lowest BCUT2D eigenvalue weighted by Gasteiger charge is -2.24. The van der Waals surface area contributed by atoms with E-state index < -0.39 is 17.9 Å². The van der Waals surface area contributed by atoms with Gasteiger partial charge in [0.05, 0.1) is 12.0 Å². The summed E-state index contributed by atoms with van der Waals surface area (Å²) >= 11 is 0.936. The van der Waals surface area contributed by atoms with Crippen LogP contribution in [0.15, 0.2) is 5.38 Å². The molecule has 2 rings (SSSR count).